The van der Waals surface area contributed by atoms with Gasteiger partial charge >= 0.3 is 0 Å². The van der Waals surface area contributed by atoms with E-state index in [0.29, 0.717) is 6.54 Å². The Morgan fingerprint density at radius 3 is 2.39 bits per heavy atom. The van der Waals surface area contributed by atoms with E-state index in [1.54, 1.807) is 0 Å². The van der Waals surface area contributed by atoms with Gasteiger partial charge in [-0.05, 0) is 29.9 Å². The predicted octanol–water partition coefficient (Wildman–Crippen LogP) is 1.53. The first kappa shape index (κ1) is 13.1. The zero-order valence-electron chi connectivity index (χ0n) is 11.0. The molecule has 0 radical (unpaired) electrons. The van der Waals surface area contributed by atoms with Gasteiger partial charge in [0.05, 0.1) is 6.10 Å². The van der Waals surface area contributed by atoms with Crippen LogP contribution >= 0.6 is 0 Å². The number of fused-ring (bicyclic) bond motifs is 1. The Morgan fingerprint density at radius 2 is 1.89 bits per heavy atom. The summed E-state index contributed by atoms with van der Waals surface area (Å²) in [4.78, 5) is 12.0. The molecule has 0 heterocycles. The van der Waals surface area contributed by atoms with Gasteiger partial charge in [0.15, 0.2) is 0 Å². The molecule has 98 valence electrons. The van der Waals surface area contributed by atoms with E-state index < -0.39 is 6.10 Å². The molecule has 1 aliphatic rings. The minimum Gasteiger partial charge on any atom is -0.391 e. The van der Waals surface area contributed by atoms with E-state index in [-0.39, 0.29) is 17.7 Å². The van der Waals surface area contributed by atoms with Crippen molar-refractivity contribution in [3.05, 3.63) is 35.4 Å². The molecule has 1 atom stereocenters. The van der Waals surface area contributed by atoms with E-state index in [4.69, 9.17) is 0 Å². The Balaban J connectivity index is 1.86. The molecule has 0 bridgehead atoms. The van der Waals surface area contributed by atoms with Gasteiger partial charge in [-0.15, -0.1) is 0 Å². The Labute approximate surface area is 108 Å². The van der Waals surface area contributed by atoms with Crippen molar-refractivity contribution in [2.75, 3.05) is 6.54 Å². The molecule has 0 saturated carbocycles. The van der Waals surface area contributed by atoms with Crippen molar-refractivity contribution in [2.45, 2.75) is 32.8 Å². The van der Waals surface area contributed by atoms with Gasteiger partial charge in [0.2, 0.25) is 5.91 Å². The standard InChI is InChI=1S/C15H21NO2/c1-10(2)14(17)9-16-15(18)13-7-11-5-3-4-6-12(11)8-13/h3-6,10,13-14,17H,7-9H2,1-2H3,(H,16,18). The number of benzene rings is 1. The lowest BCUT2D eigenvalue weighted by Gasteiger charge is -2.17. The van der Waals surface area contributed by atoms with Crippen LogP contribution in [0.25, 0.3) is 0 Å². The molecule has 2 rings (SSSR count). The van der Waals surface area contributed by atoms with E-state index in [0.717, 1.165) is 12.8 Å². The molecule has 1 amide bonds. The van der Waals surface area contributed by atoms with E-state index in [2.05, 4.69) is 17.4 Å². The van der Waals surface area contributed by atoms with Gasteiger partial charge in [0, 0.05) is 12.5 Å². The summed E-state index contributed by atoms with van der Waals surface area (Å²) in [6.45, 7) is 4.24. The number of rotatable bonds is 4. The van der Waals surface area contributed by atoms with Crippen LogP contribution in [0.5, 0.6) is 0 Å². The fourth-order valence-corrected chi connectivity index (χ4v) is 2.33. The molecule has 1 unspecified atom stereocenters. The highest BCUT2D eigenvalue weighted by molar-refractivity contribution is 5.80. The van der Waals surface area contributed by atoms with Gasteiger partial charge in [-0.3, -0.25) is 4.79 Å². The lowest BCUT2D eigenvalue weighted by atomic mass is 10.0. The summed E-state index contributed by atoms with van der Waals surface area (Å²) < 4.78 is 0. The predicted molar refractivity (Wildman–Crippen MR) is 71.2 cm³/mol. The maximum atomic E-state index is 12.0. The van der Waals surface area contributed by atoms with Gasteiger partial charge in [0.1, 0.15) is 0 Å². The molecule has 3 nitrogen and oxygen atoms in total. The molecule has 1 aromatic rings. The molecule has 1 aromatic carbocycles. The number of hydrogen-bond donors (Lipinski definition) is 2. The second kappa shape index (κ2) is 5.53. The van der Waals surface area contributed by atoms with Crippen molar-refractivity contribution < 1.29 is 9.90 Å². The number of carbonyl (C=O) groups excluding carboxylic acids is 1. The van der Waals surface area contributed by atoms with E-state index in [9.17, 15) is 9.90 Å². The van der Waals surface area contributed by atoms with Crippen molar-refractivity contribution >= 4 is 5.91 Å². The van der Waals surface area contributed by atoms with Crippen LogP contribution in [0.2, 0.25) is 0 Å². The largest absolute Gasteiger partial charge is 0.391 e. The average molecular weight is 247 g/mol. The lowest BCUT2D eigenvalue weighted by Crippen LogP contribution is -2.38. The monoisotopic (exact) mass is 247 g/mol. The Bertz CT molecular complexity index is 403. The summed E-state index contributed by atoms with van der Waals surface area (Å²) in [6.07, 6.45) is 1.18. The van der Waals surface area contributed by atoms with Gasteiger partial charge in [-0.2, -0.15) is 0 Å². The van der Waals surface area contributed by atoms with Crippen LogP contribution in [0.4, 0.5) is 0 Å². The van der Waals surface area contributed by atoms with Crippen molar-refractivity contribution in [1.82, 2.24) is 5.32 Å². The van der Waals surface area contributed by atoms with Crippen LogP contribution in [0.3, 0.4) is 0 Å². The molecule has 0 aromatic heterocycles. The van der Waals surface area contributed by atoms with Crippen molar-refractivity contribution in [1.29, 1.82) is 0 Å². The fraction of sp³-hybridized carbons (Fsp3) is 0.533. The van der Waals surface area contributed by atoms with Crippen LogP contribution in [0, 0.1) is 11.8 Å². The number of amides is 1. The van der Waals surface area contributed by atoms with Crippen LogP contribution in [-0.4, -0.2) is 23.7 Å². The molecule has 3 heteroatoms. The minimum absolute atomic E-state index is 0.0294. The summed E-state index contributed by atoms with van der Waals surface area (Å²) in [6, 6.07) is 8.21. The number of hydrogen-bond acceptors (Lipinski definition) is 2. The summed E-state index contributed by atoms with van der Waals surface area (Å²) in [7, 11) is 0. The van der Waals surface area contributed by atoms with Crippen LogP contribution < -0.4 is 5.32 Å². The Morgan fingerprint density at radius 1 is 1.33 bits per heavy atom. The zero-order valence-corrected chi connectivity index (χ0v) is 11.0. The summed E-state index contributed by atoms with van der Waals surface area (Å²) in [5, 5.41) is 12.5. The minimum atomic E-state index is -0.460. The maximum Gasteiger partial charge on any atom is 0.223 e. The number of aliphatic hydroxyl groups is 1. The highest BCUT2D eigenvalue weighted by atomic mass is 16.3. The topological polar surface area (TPSA) is 49.3 Å². The van der Waals surface area contributed by atoms with Crippen molar-refractivity contribution in [2.24, 2.45) is 11.8 Å². The van der Waals surface area contributed by atoms with E-state index >= 15 is 0 Å². The van der Waals surface area contributed by atoms with Crippen LogP contribution in [0.1, 0.15) is 25.0 Å². The maximum absolute atomic E-state index is 12.0. The molecular weight excluding hydrogens is 226 g/mol. The average Bonchev–Trinajstić information content (AvgIpc) is 2.79. The van der Waals surface area contributed by atoms with Crippen LogP contribution in [-0.2, 0) is 17.6 Å². The molecule has 2 N–H and O–H groups in total. The zero-order chi connectivity index (χ0) is 13.1. The Hall–Kier alpha value is -1.35. The van der Waals surface area contributed by atoms with Gasteiger partial charge in [-0.25, -0.2) is 0 Å². The number of aliphatic hydroxyl groups excluding tert-OH is 1. The lowest BCUT2D eigenvalue weighted by molar-refractivity contribution is -0.125. The molecule has 0 spiro atoms. The van der Waals surface area contributed by atoms with Gasteiger partial charge in [0.25, 0.3) is 0 Å². The fourth-order valence-electron chi connectivity index (χ4n) is 2.33. The number of carbonyl (C=O) groups is 1. The van der Waals surface area contributed by atoms with Crippen molar-refractivity contribution in [3.63, 3.8) is 0 Å². The first-order valence-electron chi connectivity index (χ1n) is 6.60. The highest BCUT2D eigenvalue weighted by Gasteiger charge is 2.27. The first-order valence-corrected chi connectivity index (χ1v) is 6.60. The van der Waals surface area contributed by atoms with Crippen LogP contribution in [0.15, 0.2) is 24.3 Å². The third-order valence-corrected chi connectivity index (χ3v) is 3.68. The molecule has 0 fully saturated rings. The SMILES string of the molecule is CC(C)C(O)CNC(=O)C1Cc2ccccc2C1. The third-order valence-electron chi connectivity index (χ3n) is 3.68. The van der Waals surface area contributed by atoms with E-state index in [1.807, 2.05) is 26.0 Å². The van der Waals surface area contributed by atoms with Crippen molar-refractivity contribution in [3.8, 4) is 0 Å². The molecule has 1 aliphatic carbocycles. The molecular formula is C15H21NO2. The summed E-state index contributed by atoms with van der Waals surface area (Å²) >= 11 is 0. The third kappa shape index (κ3) is 2.91. The number of nitrogens with one attached hydrogen (secondary N) is 1. The highest BCUT2D eigenvalue weighted by Crippen LogP contribution is 2.26. The first-order chi connectivity index (χ1) is 8.58. The summed E-state index contributed by atoms with van der Waals surface area (Å²) in [5.41, 5.74) is 2.56. The Kier molecular flexibility index (Phi) is 4.02. The van der Waals surface area contributed by atoms with Gasteiger partial charge < -0.3 is 10.4 Å². The van der Waals surface area contributed by atoms with E-state index in [1.165, 1.54) is 11.1 Å². The smallest absolute Gasteiger partial charge is 0.223 e. The molecule has 0 aliphatic heterocycles. The quantitative estimate of drug-likeness (QED) is 0.848. The van der Waals surface area contributed by atoms with Gasteiger partial charge in [-0.1, -0.05) is 38.1 Å². The second-order valence-corrected chi connectivity index (χ2v) is 5.43. The summed E-state index contributed by atoms with van der Waals surface area (Å²) in [5.74, 6) is 0.263. The molecule has 0 saturated heterocycles. The normalized spacial score (nSPS) is 16.7. The molecule has 18 heavy (non-hydrogen) atoms. The second-order valence-electron chi connectivity index (χ2n) is 5.43.